The molecule has 1 aliphatic rings. The van der Waals surface area contributed by atoms with Gasteiger partial charge in [-0.25, -0.2) is 0 Å². The lowest BCUT2D eigenvalue weighted by atomic mass is 10.1. The molecule has 0 saturated carbocycles. The topological polar surface area (TPSA) is 9.23 Å². The molecule has 0 aromatic heterocycles. The summed E-state index contributed by atoms with van der Waals surface area (Å²) in [4.78, 5) is 0. The van der Waals surface area contributed by atoms with Gasteiger partial charge >= 0.3 is 6.18 Å². The largest absolute Gasteiger partial charge is 0.489 e. The van der Waals surface area contributed by atoms with E-state index in [4.69, 9.17) is 4.74 Å². The molecule has 1 aromatic rings. The number of halogens is 3. The average Bonchev–Trinajstić information content (AvgIpc) is 2.16. The number of rotatable bonds is 0. The van der Waals surface area contributed by atoms with Crippen LogP contribution < -0.4 is 4.74 Å². The summed E-state index contributed by atoms with van der Waals surface area (Å²) in [5, 5.41) is 0. The van der Waals surface area contributed by atoms with Crippen molar-refractivity contribution in [3.8, 4) is 5.75 Å². The molecule has 1 aliphatic heterocycles. The predicted molar refractivity (Wildman–Crippen MR) is 46.0 cm³/mol. The maximum Gasteiger partial charge on any atom is 0.416 e. The van der Waals surface area contributed by atoms with Gasteiger partial charge in [-0.05, 0) is 18.2 Å². The summed E-state index contributed by atoms with van der Waals surface area (Å²) < 4.78 is 41.9. The molecule has 14 heavy (non-hydrogen) atoms. The van der Waals surface area contributed by atoms with Crippen LogP contribution in [0, 0.1) is 0 Å². The van der Waals surface area contributed by atoms with Crippen molar-refractivity contribution < 1.29 is 17.9 Å². The molecule has 0 spiro atoms. The van der Waals surface area contributed by atoms with Gasteiger partial charge in [-0.15, -0.1) is 0 Å². The summed E-state index contributed by atoms with van der Waals surface area (Å²) in [6.07, 6.45) is -0.797. The molecule has 2 rings (SSSR count). The Morgan fingerprint density at radius 2 is 2.00 bits per heavy atom. The van der Waals surface area contributed by atoms with Gasteiger partial charge in [-0.2, -0.15) is 13.2 Å². The minimum Gasteiger partial charge on any atom is -0.489 e. The Bertz CT molecular complexity index is 379. The van der Waals surface area contributed by atoms with Crippen LogP contribution in [0.15, 0.2) is 24.3 Å². The molecule has 0 saturated heterocycles. The van der Waals surface area contributed by atoms with Crippen molar-refractivity contribution in [1.82, 2.24) is 0 Å². The molecule has 4 heteroatoms. The van der Waals surface area contributed by atoms with E-state index in [1.165, 1.54) is 6.07 Å². The first-order chi connectivity index (χ1) is 6.57. The SMILES string of the molecule is FC(F)(F)c1ccc2c(c1)OCC=C2. The van der Waals surface area contributed by atoms with E-state index in [-0.39, 0.29) is 0 Å². The second-order valence-electron chi connectivity index (χ2n) is 2.96. The normalized spacial score (nSPS) is 14.8. The molecule has 1 heterocycles. The lowest BCUT2D eigenvalue weighted by molar-refractivity contribution is -0.137. The summed E-state index contributed by atoms with van der Waals surface area (Å²) in [5.74, 6) is 0.294. The summed E-state index contributed by atoms with van der Waals surface area (Å²) in [5.41, 5.74) is 0.0100. The van der Waals surface area contributed by atoms with Gasteiger partial charge in [-0.3, -0.25) is 0 Å². The highest BCUT2D eigenvalue weighted by molar-refractivity contribution is 5.60. The van der Waals surface area contributed by atoms with E-state index < -0.39 is 11.7 Å². The lowest BCUT2D eigenvalue weighted by Gasteiger charge is -2.14. The van der Waals surface area contributed by atoms with Crippen LogP contribution in [0.4, 0.5) is 13.2 Å². The number of hydrogen-bond donors (Lipinski definition) is 0. The van der Waals surface area contributed by atoms with Gasteiger partial charge < -0.3 is 4.74 Å². The first-order valence-electron chi connectivity index (χ1n) is 4.08. The van der Waals surface area contributed by atoms with Crippen molar-refractivity contribution >= 4 is 6.08 Å². The third-order valence-corrected chi connectivity index (χ3v) is 1.97. The van der Waals surface area contributed by atoms with Gasteiger partial charge in [0.1, 0.15) is 12.4 Å². The van der Waals surface area contributed by atoms with Crippen molar-refractivity contribution in [2.75, 3.05) is 6.61 Å². The third-order valence-electron chi connectivity index (χ3n) is 1.97. The zero-order valence-electron chi connectivity index (χ0n) is 7.14. The Balaban J connectivity index is 2.45. The summed E-state index contributed by atoms with van der Waals surface area (Å²) in [7, 11) is 0. The second-order valence-corrected chi connectivity index (χ2v) is 2.96. The molecule has 0 atom stereocenters. The van der Waals surface area contributed by atoms with Crippen LogP contribution >= 0.6 is 0 Å². The fourth-order valence-electron chi connectivity index (χ4n) is 1.29. The maximum absolute atomic E-state index is 12.3. The van der Waals surface area contributed by atoms with E-state index in [1.807, 2.05) is 0 Å². The van der Waals surface area contributed by atoms with Crippen LogP contribution in [0.5, 0.6) is 5.75 Å². The van der Waals surface area contributed by atoms with E-state index in [2.05, 4.69) is 0 Å². The van der Waals surface area contributed by atoms with Crippen molar-refractivity contribution in [1.29, 1.82) is 0 Å². The summed E-state index contributed by atoms with van der Waals surface area (Å²) in [6, 6.07) is 3.49. The predicted octanol–water partition coefficient (Wildman–Crippen LogP) is 3.11. The zero-order chi connectivity index (χ0) is 10.2. The fourth-order valence-corrected chi connectivity index (χ4v) is 1.29. The molecule has 1 nitrogen and oxygen atoms in total. The Kier molecular flexibility index (Phi) is 1.98. The quantitative estimate of drug-likeness (QED) is 0.625. The van der Waals surface area contributed by atoms with Gasteiger partial charge in [-0.1, -0.05) is 12.1 Å². The number of fused-ring (bicyclic) bond motifs is 1. The lowest BCUT2D eigenvalue weighted by Crippen LogP contribution is -2.07. The van der Waals surface area contributed by atoms with Crippen molar-refractivity contribution in [3.05, 3.63) is 35.4 Å². The standard InChI is InChI=1S/C10H7F3O/c11-10(12,13)8-4-3-7-2-1-5-14-9(7)6-8/h1-4,6H,5H2. The number of hydrogen-bond acceptors (Lipinski definition) is 1. The molecule has 0 aliphatic carbocycles. The monoisotopic (exact) mass is 200 g/mol. The number of alkyl halides is 3. The molecule has 74 valence electrons. The Morgan fingerprint density at radius 3 is 2.71 bits per heavy atom. The molecule has 0 unspecified atom stereocenters. The number of ether oxygens (including phenoxy) is 1. The number of benzene rings is 1. The van der Waals surface area contributed by atoms with Crippen molar-refractivity contribution in [2.24, 2.45) is 0 Å². The van der Waals surface area contributed by atoms with Crippen LogP contribution in [-0.4, -0.2) is 6.61 Å². The Labute approximate surface area is 78.8 Å². The van der Waals surface area contributed by atoms with E-state index in [1.54, 1.807) is 12.2 Å². The third kappa shape index (κ3) is 1.60. The molecule has 0 amide bonds. The highest BCUT2D eigenvalue weighted by atomic mass is 19.4. The van der Waals surface area contributed by atoms with E-state index >= 15 is 0 Å². The van der Waals surface area contributed by atoms with Gasteiger partial charge in [0.05, 0.1) is 5.56 Å². The summed E-state index contributed by atoms with van der Waals surface area (Å²) in [6.45, 7) is 0.328. The smallest absolute Gasteiger partial charge is 0.416 e. The average molecular weight is 200 g/mol. The molecule has 0 fully saturated rings. The Morgan fingerprint density at radius 1 is 1.21 bits per heavy atom. The van der Waals surface area contributed by atoms with Crippen LogP contribution in [0.25, 0.3) is 6.08 Å². The van der Waals surface area contributed by atoms with E-state index in [0.29, 0.717) is 17.9 Å². The van der Waals surface area contributed by atoms with Crippen molar-refractivity contribution in [3.63, 3.8) is 0 Å². The first kappa shape index (κ1) is 9.12. The summed E-state index contributed by atoms with van der Waals surface area (Å²) >= 11 is 0. The molecule has 0 bridgehead atoms. The Hall–Kier alpha value is -1.45. The zero-order valence-corrected chi connectivity index (χ0v) is 7.14. The highest BCUT2D eigenvalue weighted by Crippen LogP contribution is 2.34. The van der Waals surface area contributed by atoms with Gasteiger partial charge in [0, 0.05) is 5.56 Å². The van der Waals surface area contributed by atoms with Gasteiger partial charge in [0.25, 0.3) is 0 Å². The van der Waals surface area contributed by atoms with E-state index in [9.17, 15) is 13.2 Å². The molecule has 0 radical (unpaired) electrons. The van der Waals surface area contributed by atoms with Crippen LogP contribution in [-0.2, 0) is 6.18 Å². The molecule has 1 aromatic carbocycles. The molecule has 0 N–H and O–H groups in total. The van der Waals surface area contributed by atoms with Crippen LogP contribution in [0.3, 0.4) is 0 Å². The maximum atomic E-state index is 12.3. The molecular formula is C10H7F3O. The van der Waals surface area contributed by atoms with E-state index in [0.717, 1.165) is 12.1 Å². The second kappa shape index (κ2) is 3.04. The minimum absolute atomic E-state index is 0.294. The van der Waals surface area contributed by atoms with Crippen molar-refractivity contribution in [2.45, 2.75) is 6.18 Å². The fraction of sp³-hybridized carbons (Fsp3) is 0.200. The first-order valence-corrected chi connectivity index (χ1v) is 4.08. The minimum atomic E-state index is -4.31. The highest BCUT2D eigenvalue weighted by Gasteiger charge is 2.31. The van der Waals surface area contributed by atoms with Crippen LogP contribution in [0.1, 0.15) is 11.1 Å². The van der Waals surface area contributed by atoms with Gasteiger partial charge in [0.2, 0.25) is 0 Å². The molecular weight excluding hydrogens is 193 g/mol. The van der Waals surface area contributed by atoms with Gasteiger partial charge in [0.15, 0.2) is 0 Å². The van der Waals surface area contributed by atoms with Crippen LogP contribution in [0.2, 0.25) is 0 Å².